The lowest BCUT2D eigenvalue weighted by Gasteiger charge is -2.58. The van der Waals surface area contributed by atoms with E-state index in [0.717, 1.165) is 25.7 Å². The number of fused-ring (bicyclic) bond motifs is 5. The topological polar surface area (TPSA) is 46.2 Å². The fraction of sp³-hybridized carbons (Fsp3) is 0.840. The van der Waals surface area contributed by atoms with Gasteiger partial charge in [-0.1, -0.05) is 13.8 Å². The molecule has 6 atom stereocenters. The summed E-state index contributed by atoms with van der Waals surface area (Å²) in [6.07, 6.45) is 0.580. The molecular weight excluding hydrogens is 403 g/mol. The number of halogens is 3. The maximum Gasteiger partial charge on any atom is 0.419 e. The Kier molecular flexibility index (Phi) is 5.22. The number of hydrogen-bond donors (Lipinski definition) is 1. The highest BCUT2D eigenvalue weighted by Crippen LogP contribution is 2.67. The van der Waals surface area contributed by atoms with Gasteiger partial charge in [-0.3, -0.25) is 9.59 Å². The third-order valence-electron chi connectivity index (χ3n) is 9.22. The van der Waals surface area contributed by atoms with E-state index in [9.17, 15) is 22.8 Å². The van der Waals surface area contributed by atoms with Crippen molar-refractivity contribution in [1.82, 2.24) is 5.32 Å². The first-order valence-corrected chi connectivity index (χ1v) is 11.8. The largest absolute Gasteiger partial charge is 0.419 e. The average Bonchev–Trinajstić information content (AvgIpc) is 2.97. The molecule has 0 radical (unpaired) electrons. The molecule has 3 fully saturated rings. The van der Waals surface area contributed by atoms with Crippen LogP contribution in [0.25, 0.3) is 0 Å². The van der Waals surface area contributed by atoms with E-state index in [1.807, 2.05) is 27.7 Å². The number of allylic oxidation sites excluding steroid dienone is 1. The lowest BCUT2D eigenvalue weighted by atomic mass is 9.46. The molecule has 4 aliphatic rings. The molecule has 0 saturated heterocycles. The van der Waals surface area contributed by atoms with Crippen molar-refractivity contribution in [3.05, 3.63) is 11.1 Å². The standard InChI is InChI=1S/C25H36F3NO2/c1-22(2,3)29-21(31)18-9-8-15-14-6-7-17-20(25(26,27)28)19(30)11-13-23(17,4)16(14)10-12-24(15,18)5/h14-16,18H,6-13H2,1-5H3,(H,29,31)/t14-,15-,16-,18?,23+,24-/m0/s1. The van der Waals surface area contributed by atoms with Gasteiger partial charge in [0.05, 0.1) is 5.57 Å². The number of rotatable bonds is 1. The van der Waals surface area contributed by atoms with Crippen LogP contribution in [0.3, 0.4) is 0 Å². The first-order valence-electron chi connectivity index (χ1n) is 11.8. The van der Waals surface area contributed by atoms with Crippen LogP contribution in [-0.4, -0.2) is 23.4 Å². The predicted molar refractivity (Wildman–Crippen MR) is 113 cm³/mol. The van der Waals surface area contributed by atoms with E-state index >= 15 is 0 Å². The van der Waals surface area contributed by atoms with E-state index in [0.29, 0.717) is 36.7 Å². The van der Waals surface area contributed by atoms with Gasteiger partial charge >= 0.3 is 6.18 Å². The average molecular weight is 440 g/mol. The van der Waals surface area contributed by atoms with Crippen molar-refractivity contribution >= 4 is 11.7 Å². The lowest BCUT2D eigenvalue weighted by Crippen LogP contribution is -2.54. The third-order valence-corrected chi connectivity index (χ3v) is 9.22. The first kappa shape index (κ1) is 22.8. The smallest absolute Gasteiger partial charge is 0.351 e. The highest BCUT2D eigenvalue weighted by molar-refractivity contribution is 5.98. The van der Waals surface area contributed by atoms with Crippen LogP contribution in [0.15, 0.2) is 11.1 Å². The zero-order valence-corrected chi connectivity index (χ0v) is 19.4. The molecule has 1 N–H and O–H groups in total. The molecule has 3 nitrogen and oxygen atoms in total. The Morgan fingerprint density at radius 3 is 2.26 bits per heavy atom. The number of carbonyl (C=O) groups is 2. The Hall–Kier alpha value is -1.33. The molecule has 3 saturated carbocycles. The SMILES string of the molecule is CC(C)(C)NC(=O)C1CC[C@H]2[C@@H]3CCC4=C(C(F)(F)F)C(=O)CC[C@]4(C)[C@H]3CC[C@]12C. The van der Waals surface area contributed by atoms with Crippen molar-refractivity contribution in [2.45, 2.75) is 97.7 Å². The van der Waals surface area contributed by atoms with E-state index in [4.69, 9.17) is 0 Å². The zero-order chi connectivity index (χ0) is 23.0. The molecule has 174 valence electrons. The number of nitrogens with one attached hydrogen (secondary N) is 1. The van der Waals surface area contributed by atoms with Gasteiger partial charge in [-0.05, 0) is 99.9 Å². The number of carbonyl (C=O) groups excluding carboxylic acids is 2. The fourth-order valence-corrected chi connectivity index (χ4v) is 7.93. The summed E-state index contributed by atoms with van der Waals surface area (Å²) in [5.74, 6) is 0.250. The summed E-state index contributed by atoms with van der Waals surface area (Å²) < 4.78 is 41.4. The van der Waals surface area contributed by atoms with Crippen molar-refractivity contribution in [2.24, 2.45) is 34.5 Å². The quantitative estimate of drug-likeness (QED) is 0.546. The van der Waals surface area contributed by atoms with Gasteiger partial charge in [-0.2, -0.15) is 13.2 Å². The summed E-state index contributed by atoms with van der Waals surface area (Å²) >= 11 is 0. The number of hydrogen-bond acceptors (Lipinski definition) is 2. The predicted octanol–water partition coefficient (Wildman–Crippen LogP) is 5.98. The van der Waals surface area contributed by atoms with Gasteiger partial charge in [-0.15, -0.1) is 0 Å². The summed E-state index contributed by atoms with van der Waals surface area (Å²) in [5, 5.41) is 3.16. The Bertz CT molecular complexity index is 824. The van der Waals surface area contributed by atoms with E-state index in [1.165, 1.54) is 0 Å². The van der Waals surface area contributed by atoms with Crippen LogP contribution < -0.4 is 5.32 Å². The van der Waals surface area contributed by atoms with Crippen LogP contribution >= 0.6 is 0 Å². The Morgan fingerprint density at radius 2 is 1.65 bits per heavy atom. The molecule has 0 spiro atoms. The highest BCUT2D eigenvalue weighted by Gasteiger charge is 2.62. The second kappa shape index (κ2) is 7.08. The lowest BCUT2D eigenvalue weighted by molar-refractivity contribution is -0.138. The van der Waals surface area contributed by atoms with Crippen LogP contribution in [0, 0.1) is 34.5 Å². The molecule has 1 unspecified atom stereocenters. The Balaban J connectivity index is 1.64. The summed E-state index contributed by atoms with van der Waals surface area (Å²) in [6, 6.07) is 0. The molecule has 0 aromatic rings. The number of alkyl halides is 3. The summed E-state index contributed by atoms with van der Waals surface area (Å²) in [6.45, 7) is 10.2. The minimum atomic E-state index is -4.56. The van der Waals surface area contributed by atoms with Crippen LogP contribution in [-0.2, 0) is 9.59 Å². The van der Waals surface area contributed by atoms with Crippen molar-refractivity contribution in [1.29, 1.82) is 0 Å². The van der Waals surface area contributed by atoms with Crippen molar-refractivity contribution in [3.63, 3.8) is 0 Å². The monoisotopic (exact) mass is 439 g/mol. The third kappa shape index (κ3) is 3.56. The molecule has 1 amide bonds. The van der Waals surface area contributed by atoms with E-state index < -0.39 is 22.9 Å². The molecule has 0 aliphatic heterocycles. The van der Waals surface area contributed by atoms with Gasteiger partial charge < -0.3 is 5.32 Å². The summed E-state index contributed by atoms with van der Waals surface area (Å²) in [7, 11) is 0. The Morgan fingerprint density at radius 1 is 0.968 bits per heavy atom. The molecule has 0 heterocycles. The second-order valence-electron chi connectivity index (χ2n) is 12.0. The minimum Gasteiger partial charge on any atom is -0.351 e. The molecule has 0 aromatic heterocycles. The van der Waals surface area contributed by atoms with E-state index in [1.54, 1.807) is 0 Å². The van der Waals surface area contributed by atoms with Crippen molar-refractivity contribution in [2.75, 3.05) is 0 Å². The fourth-order valence-electron chi connectivity index (χ4n) is 7.93. The molecular formula is C25H36F3NO2. The maximum atomic E-state index is 13.8. The first-order chi connectivity index (χ1) is 14.2. The van der Waals surface area contributed by atoms with Crippen LogP contribution in [0.1, 0.15) is 86.0 Å². The minimum absolute atomic E-state index is 0.00336. The van der Waals surface area contributed by atoms with E-state index in [2.05, 4.69) is 12.2 Å². The molecule has 31 heavy (non-hydrogen) atoms. The number of ketones is 1. The second-order valence-corrected chi connectivity index (χ2v) is 12.0. The summed E-state index contributed by atoms with van der Waals surface area (Å²) in [5.41, 5.74) is -1.38. The Labute approximate surface area is 183 Å². The molecule has 0 bridgehead atoms. The number of amides is 1. The van der Waals surface area contributed by atoms with Gasteiger partial charge in [0.2, 0.25) is 5.91 Å². The molecule has 0 aromatic carbocycles. The molecule has 4 aliphatic carbocycles. The van der Waals surface area contributed by atoms with Crippen molar-refractivity contribution in [3.8, 4) is 0 Å². The molecule has 6 heteroatoms. The summed E-state index contributed by atoms with van der Waals surface area (Å²) in [4.78, 5) is 25.3. The van der Waals surface area contributed by atoms with Gasteiger partial charge in [0.15, 0.2) is 5.78 Å². The maximum absolute atomic E-state index is 13.8. The van der Waals surface area contributed by atoms with Crippen LogP contribution in [0.5, 0.6) is 0 Å². The van der Waals surface area contributed by atoms with Gasteiger partial charge in [0, 0.05) is 17.9 Å². The van der Waals surface area contributed by atoms with Crippen molar-refractivity contribution < 1.29 is 22.8 Å². The molecule has 4 rings (SSSR count). The van der Waals surface area contributed by atoms with E-state index in [-0.39, 0.29) is 35.1 Å². The van der Waals surface area contributed by atoms with Crippen LogP contribution in [0.4, 0.5) is 13.2 Å². The van der Waals surface area contributed by atoms with Gasteiger partial charge in [0.25, 0.3) is 0 Å². The van der Waals surface area contributed by atoms with Crippen LogP contribution in [0.2, 0.25) is 0 Å². The normalized spacial score (nSPS) is 40.8. The van der Waals surface area contributed by atoms with Gasteiger partial charge in [-0.25, -0.2) is 0 Å². The highest BCUT2D eigenvalue weighted by atomic mass is 19.4. The zero-order valence-electron chi connectivity index (χ0n) is 19.4. The van der Waals surface area contributed by atoms with Gasteiger partial charge in [0.1, 0.15) is 0 Å². The number of Topliss-reactive ketones (excluding diaryl/α,β-unsaturated/α-hetero) is 1.